The number of carbonyl (C=O) groups is 1. The molecule has 2 fully saturated rings. The molecule has 0 spiro atoms. The first kappa shape index (κ1) is 26.3. The van der Waals surface area contributed by atoms with Crippen LogP contribution in [0.3, 0.4) is 0 Å². The van der Waals surface area contributed by atoms with Crippen LogP contribution in [-0.4, -0.2) is 60.7 Å². The number of amides is 1. The number of anilines is 2. The van der Waals surface area contributed by atoms with E-state index >= 15 is 0 Å². The van der Waals surface area contributed by atoms with Crippen molar-refractivity contribution in [2.75, 3.05) is 18.5 Å². The molecule has 3 aromatic heterocycles. The van der Waals surface area contributed by atoms with E-state index in [1.165, 1.54) is 6.07 Å². The highest BCUT2D eigenvalue weighted by Gasteiger charge is 2.38. The van der Waals surface area contributed by atoms with Crippen LogP contribution < -0.4 is 10.6 Å². The summed E-state index contributed by atoms with van der Waals surface area (Å²) in [7, 11) is 0. The maximum absolute atomic E-state index is 13.4. The molecule has 196 valence electrons. The van der Waals surface area contributed by atoms with Crippen LogP contribution in [0.25, 0.3) is 16.9 Å². The molecule has 4 heterocycles. The predicted molar refractivity (Wildman–Crippen MR) is 134 cm³/mol. The Labute approximate surface area is 216 Å². The molecule has 37 heavy (non-hydrogen) atoms. The van der Waals surface area contributed by atoms with E-state index in [1.54, 1.807) is 41.2 Å². The lowest BCUT2D eigenvalue weighted by Crippen LogP contribution is -2.32. The van der Waals surface area contributed by atoms with Gasteiger partial charge < -0.3 is 20.5 Å². The highest BCUT2D eigenvalue weighted by molar-refractivity contribution is 6.31. The average molecular weight is 534 g/mol. The molecule has 6 rings (SSSR count). The topological polar surface area (TPSA) is 129 Å². The molecule has 1 unspecified atom stereocenters. The molecule has 1 aliphatic heterocycles. The molecule has 2 aliphatic rings. The van der Waals surface area contributed by atoms with Crippen molar-refractivity contribution in [3.8, 4) is 11.3 Å². The molecule has 1 saturated heterocycles. The molecular formula is C24H26ClF2N7O3. The van der Waals surface area contributed by atoms with Gasteiger partial charge >= 0.3 is 6.09 Å². The minimum absolute atomic E-state index is 0.0515. The molecule has 0 radical (unpaired) electrons. The minimum atomic E-state index is -0.912. The molecule has 0 bridgehead atoms. The third-order valence-corrected chi connectivity index (χ3v) is 5.92. The lowest BCUT2D eigenvalue weighted by molar-refractivity contribution is 0.173. The SMILES string of the molecule is CC1(NC(=O)O)CC1.FC1CCOC1.Fc1ccc(-c2cc3nccn3c(Nc3ccn[nH]3)n2)cc1Cl. The second-order valence-corrected chi connectivity index (χ2v) is 9.20. The van der Waals surface area contributed by atoms with Crippen molar-refractivity contribution in [2.24, 2.45) is 0 Å². The number of rotatable bonds is 4. The van der Waals surface area contributed by atoms with Crippen molar-refractivity contribution in [3.63, 3.8) is 0 Å². The Morgan fingerprint density at radius 3 is 2.65 bits per heavy atom. The van der Waals surface area contributed by atoms with Gasteiger partial charge in [-0.25, -0.2) is 23.5 Å². The zero-order valence-electron chi connectivity index (χ0n) is 19.9. The minimum Gasteiger partial charge on any atom is -0.465 e. The molecule has 13 heteroatoms. The summed E-state index contributed by atoms with van der Waals surface area (Å²) in [5.74, 6) is 0.787. The van der Waals surface area contributed by atoms with Gasteiger partial charge in [-0.3, -0.25) is 9.50 Å². The van der Waals surface area contributed by atoms with Gasteiger partial charge in [0.25, 0.3) is 0 Å². The van der Waals surface area contributed by atoms with E-state index in [2.05, 4.69) is 35.5 Å². The zero-order valence-corrected chi connectivity index (χ0v) is 20.7. The summed E-state index contributed by atoms with van der Waals surface area (Å²) in [6.45, 7) is 2.84. The lowest BCUT2D eigenvalue weighted by Gasteiger charge is -2.09. The van der Waals surface area contributed by atoms with E-state index in [-0.39, 0.29) is 10.6 Å². The van der Waals surface area contributed by atoms with Crippen LogP contribution in [0.1, 0.15) is 26.2 Å². The predicted octanol–water partition coefficient (Wildman–Crippen LogP) is 5.21. The number of aromatic amines is 1. The Morgan fingerprint density at radius 2 is 2.11 bits per heavy atom. The van der Waals surface area contributed by atoms with Crippen LogP contribution in [-0.2, 0) is 4.74 Å². The molecule has 1 aromatic carbocycles. The van der Waals surface area contributed by atoms with Crippen molar-refractivity contribution in [3.05, 3.63) is 59.8 Å². The maximum Gasteiger partial charge on any atom is 0.405 e. The molecule has 4 aromatic rings. The molecule has 1 saturated carbocycles. The Hall–Kier alpha value is -3.77. The first-order chi connectivity index (χ1) is 17.7. The van der Waals surface area contributed by atoms with E-state index in [0.29, 0.717) is 48.3 Å². The number of nitrogens with one attached hydrogen (secondary N) is 3. The summed E-state index contributed by atoms with van der Waals surface area (Å²) < 4.78 is 31.6. The molecule has 1 aliphatic carbocycles. The summed E-state index contributed by atoms with van der Waals surface area (Å²) in [6.07, 6.45) is 6.09. The molecule has 1 amide bonds. The fraction of sp³-hybridized carbons (Fsp3) is 0.333. The number of alkyl halides is 1. The van der Waals surface area contributed by atoms with Crippen LogP contribution in [0.2, 0.25) is 5.02 Å². The number of hydrogen-bond donors (Lipinski definition) is 4. The summed E-state index contributed by atoms with van der Waals surface area (Å²) in [5, 5.41) is 20.5. The van der Waals surface area contributed by atoms with Crippen molar-refractivity contribution in [1.29, 1.82) is 0 Å². The quantitative estimate of drug-likeness (QED) is 0.283. The number of hydrogen-bond acceptors (Lipinski definition) is 6. The smallest absolute Gasteiger partial charge is 0.405 e. The fourth-order valence-corrected chi connectivity index (χ4v) is 3.52. The third kappa shape index (κ3) is 7.37. The van der Waals surface area contributed by atoms with Gasteiger partial charge in [0.1, 0.15) is 23.5 Å². The van der Waals surface area contributed by atoms with Gasteiger partial charge in [0, 0.05) is 48.7 Å². The number of benzene rings is 1. The van der Waals surface area contributed by atoms with Gasteiger partial charge in [0.15, 0.2) is 0 Å². The number of aromatic nitrogens is 5. The largest absolute Gasteiger partial charge is 0.465 e. The first-order valence-electron chi connectivity index (χ1n) is 11.5. The van der Waals surface area contributed by atoms with Crippen LogP contribution in [0.5, 0.6) is 0 Å². The summed E-state index contributed by atoms with van der Waals surface area (Å²) >= 11 is 5.86. The second-order valence-electron chi connectivity index (χ2n) is 8.80. The zero-order chi connectivity index (χ0) is 26.4. The summed E-state index contributed by atoms with van der Waals surface area (Å²) in [4.78, 5) is 18.8. The van der Waals surface area contributed by atoms with Gasteiger partial charge in [-0.05, 0) is 38.0 Å². The third-order valence-electron chi connectivity index (χ3n) is 5.64. The number of imidazole rings is 1. The second kappa shape index (κ2) is 11.5. The Kier molecular flexibility index (Phi) is 8.19. The molecule has 4 N–H and O–H groups in total. The highest BCUT2D eigenvalue weighted by Crippen LogP contribution is 2.34. The highest BCUT2D eigenvalue weighted by atomic mass is 35.5. The van der Waals surface area contributed by atoms with Gasteiger partial charge in [0.05, 0.1) is 23.5 Å². The maximum atomic E-state index is 13.4. The summed E-state index contributed by atoms with van der Waals surface area (Å²) in [6, 6.07) is 8.08. The van der Waals surface area contributed by atoms with E-state index in [9.17, 15) is 13.6 Å². The fourth-order valence-electron chi connectivity index (χ4n) is 3.34. The molecular weight excluding hydrogens is 508 g/mol. The van der Waals surface area contributed by atoms with Crippen molar-refractivity contribution < 1.29 is 23.4 Å². The van der Waals surface area contributed by atoms with E-state index in [4.69, 9.17) is 16.7 Å². The van der Waals surface area contributed by atoms with Crippen LogP contribution in [0.15, 0.2) is 48.9 Å². The Morgan fingerprint density at radius 1 is 1.30 bits per heavy atom. The number of nitrogens with zero attached hydrogens (tertiary/aromatic N) is 4. The Bertz CT molecular complexity index is 1340. The van der Waals surface area contributed by atoms with Crippen molar-refractivity contribution in [2.45, 2.75) is 37.9 Å². The number of carboxylic acid groups (broad SMARTS) is 1. The van der Waals surface area contributed by atoms with Crippen LogP contribution in [0, 0.1) is 5.82 Å². The van der Waals surface area contributed by atoms with E-state index < -0.39 is 18.1 Å². The number of ether oxygens (including phenoxy) is 1. The van der Waals surface area contributed by atoms with E-state index in [1.807, 2.05) is 13.0 Å². The number of fused-ring (bicyclic) bond motifs is 1. The normalized spacial score (nSPS) is 17.2. The van der Waals surface area contributed by atoms with Crippen molar-refractivity contribution in [1.82, 2.24) is 29.9 Å². The van der Waals surface area contributed by atoms with Crippen molar-refractivity contribution >= 4 is 35.1 Å². The standard InChI is InChI=1S/C15H10ClFN6.C5H9NO2.C4H7FO/c16-10-7-9(1-2-11(10)17)12-8-14-18-5-6-23(14)15(20-12)21-13-3-4-19-22-13;1-5(2-3-5)6-4(7)8;5-4-1-2-6-3-4/h1-8H,(H2,19,20,21,22);6H,2-3H2,1H3,(H,7,8);4H,1-3H2. The van der Waals surface area contributed by atoms with Gasteiger partial charge in [-0.15, -0.1) is 0 Å². The first-order valence-corrected chi connectivity index (χ1v) is 11.9. The monoisotopic (exact) mass is 533 g/mol. The van der Waals surface area contributed by atoms with Gasteiger partial charge in [0.2, 0.25) is 5.95 Å². The van der Waals surface area contributed by atoms with E-state index in [0.717, 1.165) is 12.8 Å². The average Bonchev–Trinajstić information content (AvgIpc) is 3.35. The lowest BCUT2D eigenvalue weighted by atomic mass is 10.1. The van der Waals surface area contributed by atoms with Crippen LogP contribution >= 0.6 is 11.6 Å². The summed E-state index contributed by atoms with van der Waals surface area (Å²) in [5.41, 5.74) is 1.96. The molecule has 10 nitrogen and oxygen atoms in total. The molecule has 1 atom stereocenters. The van der Waals surface area contributed by atoms with Crippen LogP contribution in [0.4, 0.5) is 25.3 Å². The number of H-pyrrole nitrogens is 1. The number of halogens is 3. The van der Waals surface area contributed by atoms with Gasteiger partial charge in [-0.1, -0.05) is 11.6 Å². The van der Waals surface area contributed by atoms with Gasteiger partial charge in [-0.2, -0.15) is 5.10 Å². The Balaban J connectivity index is 0.000000186.